The summed E-state index contributed by atoms with van der Waals surface area (Å²) in [5.41, 5.74) is -1.21. The van der Waals surface area contributed by atoms with Gasteiger partial charge in [-0.15, -0.1) is 0 Å². The fraction of sp³-hybridized carbons (Fsp3) is 0.967. The molecule has 88 heavy (non-hydrogen) atoms. The first-order valence-electron chi connectivity index (χ1n) is 31.5. The molecule has 510 valence electrons. The number of fused-ring (bicyclic) bond motifs is 5. The molecule has 0 amide bonds. The number of hydrogen-bond donors (Lipinski definition) is 18. The molecule has 9 aliphatic rings. The molecule has 34 atom stereocenters. The summed E-state index contributed by atoms with van der Waals surface area (Å²) < 4.78 is 59.5. The third-order valence-electron chi connectivity index (χ3n) is 22.8. The molecule has 0 aromatic heterocycles. The molecule has 0 radical (unpaired) electrons. The highest BCUT2D eigenvalue weighted by molar-refractivity contribution is 5.30. The van der Waals surface area contributed by atoms with E-state index in [1.165, 1.54) is 5.57 Å². The van der Waals surface area contributed by atoms with Crippen molar-refractivity contribution < 1.29 is 139 Å². The summed E-state index contributed by atoms with van der Waals surface area (Å²) in [6.07, 6.45) is -33.6. The Kier molecular flexibility index (Phi) is 22.1. The first-order chi connectivity index (χ1) is 41.2. The zero-order valence-electron chi connectivity index (χ0n) is 51.5. The number of aliphatic hydroxyl groups excluding tert-OH is 17. The Morgan fingerprint density at radius 1 is 0.500 bits per heavy atom. The second-order valence-electron chi connectivity index (χ2n) is 28.6. The molecule has 18 N–H and O–H groups in total. The fourth-order valence-corrected chi connectivity index (χ4v) is 17.0. The maximum atomic E-state index is 11.8. The van der Waals surface area contributed by atoms with Gasteiger partial charge in [0.05, 0.1) is 50.8 Å². The average molecular weight is 1270 g/mol. The maximum absolute atomic E-state index is 11.8. The topological polar surface area (TPSA) is 456 Å². The minimum atomic E-state index is -1.93. The van der Waals surface area contributed by atoms with E-state index in [2.05, 4.69) is 47.6 Å². The van der Waals surface area contributed by atoms with Gasteiger partial charge in [0, 0.05) is 5.41 Å². The minimum Gasteiger partial charge on any atom is -0.394 e. The van der Waals surface area contributed by atoms with E-state index >= 15 is 0 Å². The summed E-state index contributed by atoms with van der Waals surface area (Å²) in [5, 5.41) is 192. The quantitative estimate of drug-likeness (QED) is 0.0512. The Labute approximate surface area is 512 Å². The fourth-order valence-electron chi connectivity index (χ4n) is 17.0. The van der Waals surface area contributed by atoms with Crippen LogP contribution in [0.25, 0.3) is 0 Å². The zero-order chi connectivity index (χ0) is 64.7. The summed E-state index contributed by atoms with van der Waals surface area (Å²) in [6, 6.07) is 0. The molecule has 28 nitrogen and oxygen atoms in total. The normalized spacial score (nSPS) is 51.4. The maximum Gasteiger partial charge on any atom is 0.187 e. The van der Waals surface area contributed by atoms with Crippen molar-refractivity contribution in [3.8, 4) is 0 Å². The van der Waals surface area contributed by atoms with Crippen molar-refractivity contribution in [1.82, 2.24) is 0 Å². The van der Waals surface area contributed by atoms with E-state index in [0.717, 1.165) is 38.5 Å². The van der Waals surface area contributed by atoms with E-state index in [9.17, 15) is 91.9 Å². The highest BCUT2D eigenvalue weighted by atomic mass is 16.8. The molecular weight excluding hydrogens is 1170 g/mol. The molecule has 0 spiro atoms. The second kappa shape index (κ2) is 27.4. The SMILES string of the molecule is C[C@H](CC[C@@H](O[C@@H]1O[C@H](CO[C@@H]2O[C@H](CO)[C@@H](O)[C@H](O)[C@H]2O)[C@@H](O)[C@H](O)[C@H]1O[C@@H]1O[C@H](CO)[C@@H](O)[C@H](O)[C@H]1O)C(C)(C)O)[C@H]1CC[C@@]2(C)C3CC=C4C(CC[C@H](O[C@@H]5O[C@H](CO[C@@H]6O[C@H](CO)[C@@H](O)[C@H](O)[C@H]6O)[C@@H](O)[C@H](O)[C@H]5O)C4(C)C)[C@]3(C)CC[C@]12C. The highest BCUT2D eigenvalue weighted by Crippen LogP contribution is 2.75. The summed E-state index contributed by atoms with van der Waals surface area (Å²) >= 11 is 0. The summed E-state index contributed by atoms with van der Waals surface area (Å²) in [5.74, 6) is 0.828. The van der Waals surface area contributed by atoms with Crippen LogP contribution in [0.5, 0.6) is 0 Å². The molecule has 28 heteroatoms. The predicted molar refractivity (Wildman–Crippen MR) is 299 cm³/mol. The van der Waals surface area contributed by atoms with Crippen LogP contribution in [-0.4, -0.2) is 296 Å². The third-order valence-corrected chi connectivity index (χ3v) is 22.8. The van der Waals surface area contributed by atoms with Crippen LogP contribution < -0.4 is 0 Å². The van der Waals surface area contributed by atoms with Crippen molar-refractivity contribution in [2.24, 2.45) is 45.3 Å². The van der Waals surface area contributed by atoms with Gasteiger partial charge in [0.25, 0.3) is 0 Å². The van der Waals surface area contributed by atoms with Gasteiger partial charge < -0.3 is 139 Å². The van der Waals surface area contributed by atoms with Gasteiger partial charge in [0.1, 0.15) is 122 Å². The van der Waals surface area contributed by atoms with Crippen molar-refractivity contribution in [1.29, 1.82) is 0 Å². The lowest BCUT2D eigenvalue weighted by Gasteiger charge is -2.66. The lowest BCUT2D eigenvalue weighted by molar-refractivity contribution is -0.380. The lowest BCUT2D eigenvalue weighted by Crippen LogP contribution is -2.65. The molecule has 8 fully saturated rings. The van der Waals surface area contributed by atoms with Crippen LogP contribution in [0, 0.1) is 45.3 Å². The molecule has 2 unspecified atom stereocenters. The van der Waals surface area contributed by atoms with Crippen LogP contribution in [-0.2, 0) is 47.4 Å². The highest BCUT2D eigenvalue weighted by Gasteiger charge is 2.68. The van der Waals surface area contributed by atoms with Gasteiger partial charge in [-0.25, -0.2) is 0 Å². The molecule has 0 aromatic carbocycles. The summed E-state index contributed by atoms with van der Waals surface area (Å²) in [6.45, 7) is 13.5. The van der Waals surface area contributed by atoms with Gasteiger partial charge in [0.2, 0.25) is 0 Å². The van der Waals surface area contributed by atoms with E-state index in [0.29, 0.717) is 18.8 Å². The van der Waals surface area contributed by atoms with Crippen LogP contribution in [0.3, 0.4) is 0 Å². The smallest absolute Gasteiger partial charge is 0.187 e. The van der Waals surface area contributed by atoms with Gasteiger partial charge in [-0.2, -0.15) is 0 Å². The van der Waals surface area contributed by atoms with Gasteiger partial charge in [-0.05, 0) is 112 Å². The Morgan fingerprint density at radius 3 is 1.44 bits per heavy atom. The number of allylic oxidation sites excluding steroid dienone is 1. The van der Waals surface area contributed by atoms with Gasteiger partial charge in [-0.3, -0.25) is 0 Å². The summed E-state index contributed by atoms with van der Waals surface area (Å²) in [4.78, 5) is 0. The van der Waals surface area contributed by atoms with Crippen LogP contribution in [0.2, 0.25) is 0 Å². The van der Waals surface area contributed by atoms with E-state index < -0.39 is 210 Å². The first-order valence-corrected chi connectivity index (χ1v) is 31.5. The Bertz CT molecular complexity index is 2310. The van der Waals surface area contributed by atoms with E-state index in [4.69, 9.17) is 47.4 Å². The number of aliphatic hydroxyl groups is 18. The van der Waals surface area contributed by atoms with Gasteiger partial charge in [-0.1, -0.05) is 53.2 Å². The number of ether oxygens (including phenoxy) is 10. The standard InChI is InChI=1S/C60H102O28/c1-24(9-13-35(57(4,5)78)87-55-50(88-54-49(77)43(71)38(66)30(21-63)83-54)45(73)40(68)32(85-55)23-80-52-47(75)42(70)37(65)29(20-62)82-52)25-15-16-60(8)33-12-10-26-27(58(33,6)17-18-59(25,60)7)11-14-34(56(26,2)3)86-53-48(76)44(72)39(67)31(84-53)22-79-51-46(74)41(69)36(64)28(19-61)81-51/h10,24-25,27-55,61-78H,9,11-23H2,1-8H3/t24-,25-,27?,28-,29-,30-,31-,32-,33?,34+,35-,36-,37-,38-,39-,40-,41+,42+,43+,44+,45+,46-,47-,48-,49-,50-,51-,52-,53+,54+,55+,58+,59-,60+/m1/s1. The van der Waals surface area contributed by atoms with Crippen molar-refractivity contribution in [3.63, 3.8) is 0 Å². The lowest BCUT2D eigenvalue weighted by atomic mass is 9.39. The molecule has 9 rings (SSSR count). The molecule has 5 heterocycles. The minimum absolute atomic E-state index is 0.0854. The first kappa shape index (κ1) is 70.9. The molecule has 5 saturated heterocycles. The zero-order valence-corrected chi connectivity index (χ0v) is 51.5. The van der Waals surface area contributed by atoms with Crippen molar-refractivity contribution in [2.45, 2.75) is 285 Å². The van der Waals surface area contributed by atoms with Crippen LogP contribution in [0.4, 0.5) is 0 Å². The molecule has 4 aliphatic carbocycles. The van der Waals surface area contributed by atoms with E-state index in [1.54, 1.807) is 13.8 Å². The number of hydrogen-bond acceptors (Lipinski definition) is 28. The Balaban J connectivity index is 0.871. The molecule has 5 aliphatic heterocycles. The molecular formula is C60H102O28. The van der Waals surface area contributed by atoms with Crippen molar-refractivity contribution in [2.75, 3.05) is 33.0 Å². The van der Waals surface area contributed by atoms with E-state index in [-0.39, 0.29) is 40.4 Å². The second-order valence-corrected chi connectivity index (χ2v) is 28.6. The predicted octanol–water partition coefficient (Wildman–Crippen LogP) is -4.38. The Hall–Kier alpha value is -1.38. The van der Waals surface area contributed by atoms with Crippen molar-refractivity contribution in [3.05, 3.63) is 11.6 Å². The largest absolute Gasteiger partial charge is 0.394 e. The van der Waals surface area contributed by atoms with E-state index in [1.807, 2.05) is 0 Å². The van der Waals surface area contributed by atoms with Crippen LogP contribution in [0.1, 0.15) is 113 Å². The molecule has 3 saturated carbocycles. The van der Waals surface area contributed by atoms with Gasteiger partial charge >= 0.3 is 0 Å². The Morgan fingerprint density at radius 2 is 0.943 bits per heavy atom. The van der Waals surface area contributed by atoms with Crippen molar-refractivity contribution >= 4 is 0 Å². The summed E-state index contributed by atoms with van der Waals surface area (Å²) in [7, 11) is 0. The molecule has 0 bridgehead atoms. The monoisotopic (exact) mass is 1270 g/mol. The van der Waals surface area contributed by atoms with Crippen LogP contribution >= 0.6 is 0 Å². The third kappa shape index (κ3) is 13.0. The number of rotatable bonds is 20. The average Bonchev–Trinajstić information content (AvgIpc) is 1.42. The van der Waals surface area contributed by atoms with Gasteiger partial charge in [0.15, 0.2) is 31.5 Å². The molecule has 0 aromatic rings. The van der Waals surface area contributed by atoms with Crippen LogP contribution in [0.15, 0.2) is 11.6 Å².